The highest BCUT2D eigenvalue weighted by Crippen LogP contribution is 2.17. The van der Waals surface area contributed by atoms with Crippen molar-refractivity contribution in [1.29, 1.82) is 0 Å². The van der Waals surface area contributed by atoms with E-state index in [9.17, 15) is 8.42 Å². The first-order valence-electron chi connectivity index (χ1n) is 6.22. The van der Waals surface area contributed by atoms with Crippen LogP contribution in [0.3, 0.4) is 0 Å². The summed E-state index contributed by atoms with van der Waals surface area (Å²) in [5, 5.41) is 0. The second kappa shape index (κ2) is 5.85. The molecule has 1 aliphatic heterocycles. The van der Waals surface area contributed by atoms with Crippen molar-refractivity contribution in [3.63, 3.8) is 0 Å². The Morgan fingerprint density at radius 3 is 2.84 bits per heavy atom. The maximum absolute atomic E-state index is 11.8. The molecule has 2 N–H and O–H groups in total. The van der Waals surface area contributed by atoms with Crippen molar-refractivity contribution < 1.29 is 13.2 Å². The quantitative estimate of drug-likeness (QED) is 0.856. The molecular weight excluding hydrogens is 266 g/mol. The lowest BCUT2D eigenvalue weighted by atomic mass is 10.2. The molecular formula is C12H19N3O3S. The van der Waals surface area contributed by atoms with Crippen molar-refractivity contribution in [2.45, 2.75) is 25.5 Å². The number of nitrogens with two attached hydrogens (primary N) is 1. The summed E-state index contributed by atoms with van der Waals surface area (Å²) in [5.41, 5.74) is 6.33. The van der Waals surface area contributed by atoms with Crippen molar-refractivity contribution in [2.24, 2.45) is 0 Å². The lowest BCUT2D eigenvalue weighted by Gasteiger charge is -2.23. The zero-order valence-electron chi connectivity index (χ0n) is 10.9. The molecule has 106 valence electrons. The van der Waals surface area contributed by atoms with Gasteiger partial charge in [0.25, 0.3) is 0 Å². The van der Waals surface area contributed by atoms with E-state index in [0.717, 1.165) is 18.4 Å². The van der Waals surface area contributed by atoms with Crippen LogP contribution in [0.4, 0.5) is 5.82 Å². The maximum atomic E-state index is 11.8. The fraction of sp³-hybridized carbons (Fsp3) is 0.583. The first-order chi connectivity index (χ1) is 8.95. The smallest absolute Gasteiger partial charge is 0.211 e. The number of anilines is 1. The molecule has 0 aromatic carbocycles. The molecule has 0 aliphatic carbocycles. The molecule has 2 rings (SSSR count). The SMILES string of the molecule is CS(=O)(=O)N(Cc1ccc(N)nc1)C[C@@H]1CCCO1. The van der Waals surface area contributed by atoms with E-state index in [2.05, 4.69) is 4.98 Å². The first-order valence-corrected chi connectivity index (χ1v) is 8.07. The van der Waals surface area contributed by atoms with Crippen molar-refractivity contribution in [2.75, 3.05) is 25.1 Å². The van der Waals surface area contributed by atoms with E-state index in [1.54, 1.807) is 18.3 Å². The Kier molecular flexibility index (Phi) is 4.38. The van der Waals surface area contributed by atoms with Gasteiger partial charge in [-0.05, 0) is 24.5 Å². The number of ether oxygens (including phenoxy) is 1. The van der Waals surface area contributed by atoms with Crippen LogP contribution in [0.2, 0.25) is 0 Å². The van der Waals surface area contributed by atoms with Gasteiger partial charge in [0.15, 0.2) is 0 Å². The Bertz CT molecular complexity index is 510. The third kappa shape index (κ3) is 4.15. The highest BCUT2D eigenvalue weighted by molar-refractivity contribution is 7.88. The Labute approximate surface area is 113 Å². The third-order valence-electron chi connectivity index (χ3n) is 3.11. The number of sulfonamides is 1. The minimum Gasteiger partial charge on any atom is -0.384 e. The molecule has 0 spiro atoms. The fourth-order valence-electron chi connectivity index (χ4n) is 2.07. The van der Waals surface area contributed by atoms with Crippen LogP contribution in [0.5, 0.6) is 0 Å². The van der Waals surface area contributed by atoms with Crippen LogP contribution in [0.1, 0.15) is 18.4 Å². The number of rotatable bonds is 5. The van der Waals surface area contributed by atoms with E-state index in [-0.39, 0.29) is 6.10 Å². The van der Waals surface area contributed by atoms with Gasteiger partial charge in [-0.15, -0.1) is 0 Å². The van der Waals surface area contributed by atoms with Crippen LogP contribution in [-0.4, -0.2) is 43.2 Å². The molecule has 1 aliphatic rings. The number of pyridine rings is 1. The number of hydrogen-bond acceptors (Lipinski definition) is 5. The van der Waals surface area contributed by atoms with Gasteiger partial charge in [0.1, 0.15) is 5.82 Å². The molecule has 7 heteroatoms. The van der Waals surface area contributed by atoms with Gasteiger partial charge in [-0.1, -0.05) is 6.07 Å². The molecule has 1 saturated heterocycles. The van der Waals surface area contributed by atoms with E-state index in [1.165, 1.54) is 10.6 Å². The molecule has 6 nitrogen and oxygen atoms in total. The van der Waals surface area contributed by atoms with Gasteiger partial charge in [-0.3, -0.25) is 0 Å². The number of nitrogens with zero attached hydrogens (tertiary/aromatic N) is 2. The van der Waals surface area contributed by atoms with Gasteiger partial charge in [0.2, 0.25) is 10.0 Å². The van der Waals surface area contributed by atoms with Crippen molar-refractivity contribution in [1.82, 2.24) is 9.29 Å². The van der Waals surface area contributed by atoms with Crippen molar-refractivity contribution >= 4 is 15.8 Å². The monoisotopic (exact) mass is 285 g/mol. The van der Waals surface area contributed by atoms with E-state index >= 15 is 0 Å². The molecule has 1 atom stereocenters. The molecule has 0 unspecified atom stereocenters. The topological polar surface area (TPSA) is 85.5 Å². The second-order valence-corrected chi connectivity index (χ2v) is 6.76. The Balaban J connectivity index is 2.07. The predicted octanol–water partition coefficient (Wildman–Crippen LogP) is 0.604. The van der Waals surface area contributed by atoms with Crippen LogP contribution in [0, 0.1) is 0 Å². The molecule has 0 amide bonds. The summed E-state index contributed by atoms with van der Waals surface area (Å²) in [5.74, 6) is 0.425. The number of aromatic nitrogens is 1. The van der Waals surface area contributed by atoms with Crippen LogP contribution in [0.25, 0.3) is 0 Å². The second-order valence-electron chi connectivity index (χ2n) is 4.78. The van der Waals surface area contributed by atoms with Crippen molar-refractivity contribution in [3.05, 3.63) is 23.9 Å². The summed E-state index contributed by atoms with van der Waals surface area (Å²) in [6.07, 6.45) is 4.71. The predicted molar refractivity (Wildman–Crippen MR) is 72.9 cm³/mol. The van der Waals surface area contributed by atoms with Crippen LogP contribution < -0.4 is 5.73 Å². The highest BCUT2D eigenvalue weighted by Gasteiger charge is 2.24. The number of nitrogen functional groups attached to an aromatic ring is 1. The molecule has 2 heterocycles. The Morgan fingerprint density at radius 2 is 2.32 bits per heavy atom. The average molecular weight is 285 g/mol. The zero-order valence-corrected chi connectivity index (χ0v) is 11.8. The van der Waals surface area contributed by atoms with E-state index in [0.29, 0.717) is 25.5 Å². The largest absolute Gasteiger partial charge is 0.384 e. The number of hydrogen-bond donors (Lipinski definition) is 1. The molecule has 0 radical (unpaired) electrons. The van der Waals surface area contributed by atoms with Gasteiger partial charge in [-0.25, -0.2) is 13.4 Å². The molecule has 19 heavy (non-hydrogen) atoms. The van der Waals surface area contributed by atoms with Gasteiger partial charge in [-0.2, -0.15) is 4.31 Å². The lowest BCUT2D eigenvalue weighted by Crippen LogP contribution is -2.36. The standard InChI is InChI=1S/C12H19N3O3S/c1-19(16,17)15(9-11-3-2-6-18-11)8-10-4-5-12(13)14-7-10/h4-5,7,11H,2-3,6,8-9H2,1H3,(H2,13,14)/t11-/m0/s1. The molecule has 0 saturated carbocycles. The summed E-state index contributed by atoms with van der Waals surface area (Å²) in [7, 11) is -3.27. The molecule has 1 fully saturated rings. The van der Waals surface area contributed by atoms with Gasteiger partial charge in [0.05, 0.1) is 12.4 Å². The van der Waals surface area contributed by atoms with E-state index in [1.807, 2.05) is 0 Å². The third-order valence-corrected chi connectivity index (χ3v) is 4.32. The average Bonchev–Trinajstić information content (AvgIpc) is 2.83. The normalized spacial score (nSPS) is 20.0. The minimum atomic E-state index is -3.27. The fourth-order valence-corrected chi connectivity index (χ4v) is 2.89. The molecule has 0 bridgehead atoms. The molecule has 1 aromatic heterocycles. The summed E-state index contributed by atoms with van der Waals surface area (Å²) >= 11 is 0. The van der Waals surface area contributed by atoms with Gasteiger partial charge in [0, 0.05) is 25.9 Å². The lowest BCUT2D eigenvalue weighted by molar-refractivity contribution is 0.0927. The Hall–Kier alpha value is -1.18. The van der Waals surface area contributed by atoms with Gasteiger partial charge < -0.3 is 10.5 Å². The van der Waals surface area contributed by atoms with Gasteiger partial charge >= 0.3 is 0 Å². The highest BCUT2D eigenvalue weighted by atomic mass is 32.2. The zero-order chi connectivity index (χ0) is 13.9. The Morgan fingerprint density at radius 1 is 1.53 bits per heavy atom. The summed E-state index contributed by atoms with van der Waals surface area (Å²) in [6.45, 7) is 1.40. The maximum Gasteiger partial charge on any atom is 0.211 e. The minimum absolute atomic E-state index is 0.00327. The summed E-state index contributed by atoms with van der Waals surface area (Å²) in [4.78, 5) is 3.97. The van der Waals surface area contributed by atoms with Crippen LogP contribution >= 0.6 is 0 Å². The summed E-state index contributed by atoms with van der Waals surface area (Å²) < 4.78 is 30.6. The van der Waals surface area contributed by atoms with E-state index in [4.69, 9.17) is 10.5 Å². The van der Waals surface area contributed by atoms with Crippen LogP contribution in [0.15, 0.2) is 18.3 Å². The van der Waals surface area contributed by atoms with E-state index < -0.39 is 10.0 Å². The first kappa shape index (κ1) is 14.2. The molecule has 1 aromatic rings. The van der Waals surface area contributed by atoms with Crippen LogP contribution in [-0.2, 0) is 21.3 Å². The summed E-state index contributed by atoms with van der Waals surface area (Å²) in [6, 6.07) is 3.46. The van der Waals surface area contributed by atoms with Crippen molar-refractivity contribution in [3.8, 4) is 0 Å².